The lowest BCUT2D eigenvalue weighted by Gasteiger charge is -2.32. The summed E-state index contributed by atoms with van der Waals surface area (Å²) in [7, 11) is 0. The molecular formula is C29H33FN2O2. The van der Waals surface area contributed by atoms with E-state index in [1.54, 1.807) is 18.2 Å². The average Bonchev–Trinajstić information content (AvgIpc) is 2.84. The molecule has 0 saturated carbocycles. The Bertz CT molecular complexity index is 1080. The molecule has 1 N–H and O–H groups in total. The molecule has 2 atom stereocenters. The molecule has 0 unspecified atom stereocenters. The monoisotopic (exact) mass is 460 g/mol. The Morgan fingerprint density at radius 1 is 0.912 bits per heavy atom. The van der Waals surface area contributed by atoms with E-state index >= 15 is 0 Å². The van der Waals surface area contributed by atoms with Gasteiger partial charge >= 0.3 is 0 Å². The summed E-state index contributed by atoms with van der Waals surface area (Å²) in [6, 6.07) is 23.0. The highest BCUT2D eigenvalue weighted by Gasteiger charge is 2.31. The Morgan fingerprint density at radius 2 is 1.56 bits per heavy atom. The molecule has 0 aliphatic carbocycles. The summed E-state index contributed by atoms with van der Waals surface area (Å²) in [5.74, 6) is -0.837. The van der Waals surface area contributed by atoms with Crippen LogP contribution in [0.2, 0.25) is 0 Å². The number of carbonyl (C=O) groups is 2. The van der Waals surface area contributed by atoms with Crippen LogP contribution in [0.3, 0.4) is 0 Å². The molecule has 3 rings (SSSR count). The van der Waals surface area contributed by atoms with Crippen molar-refractivity contribution < 1.29 is 14.0 Å². The zero-order valence-corrected chi connectivity index (χ0v) is 20.1. The smallest absolute Gasteiger partial charge is 0.243 e. The van der Waals surface area contributed by atoms with E-state index < -0.39 is 11.9 Å². The number of carbonyl (C=O) groups excluding carboxylic acids is 2. The Labute approximate surface area is 201 Å². The normalized spacial score (nSPS) is 12.6. The number of aryl methyl sites for hydroxylation is 1. The van der Waals surface area contributed by atoms with Gasteiger partial charge in [0.1, 0.15) is 11.9 Å². The number of nitrogens with one attached hydrogen (secondary N) is 1. The maximum absolute atomic E-state index is 14.6. The molecule has 34 heavy (non-hydrogen) atoms. The van der Waals surface area contributed by atoms with E-state index in [-0.39, 0.29) is 30.8 Å². The standard InChI is InChI=1S/C29H33FN2O2/c1-4-22(3)31-29(34)27(18-23-10-6-5-7-11-23)32(20-25-12-8-9-13-26(25)30)28(33)19-24-16-14-21(2)15-17-24/h5-17,22,27H,4,18-20H2,1-3H3,(H,31,34)/t22-,27+/m1/s1. The van der Waals surface area contributed by atoms with Crippen molar-refractivity contribution in [3.05, 3.63) is 107 Å². The van der Waals surface area contributed by atoms with E-state index in [9.17, 15) is 14.0 Å². The first-order chi connectivity index (χ1) is 16.4. The van der Waals surface area contributed by atoms with Gasteiger partial charge in [0.05, 0.1) is 6.42 Å². The third-order valence-electron chi connectivity index (χ3n) is 6.05. The minimum atomic E-state index is -0.769. The van der Waals surface area contributed by atoms with Gasteiger partial charge in [0.25, 0.3) is 0 Å². The second-order valence-electron chi connectivity index (χ2n) is 8.80. The number of amides is 2. The minimum absolute atomic E-state index is 0.0167. The zero-order chi connectivity index (χ0) is 24.5. The molecule has 0 aromatic heterocycles. The fourth-order valence-corrected chi connectivity index (χ4v) is 3.79. The van der Waals surface area contributed by atoms with E-state index in [4.69, 9.17) is 0 Å². The molecule has 178 valence electrons. The van der Waals surface area contributed by atoms with Crippen LogP contribution in [-0.2, 0) is 29.0 Å². The number of benzene rings is 3. The van der Waals surface area contributed by atoms with Gasteiger partial charge in [0.2, 0.25) is 11.8 Å². The summed E-state index contributed by atoms with van der Waals surface area (Å²) in [4.78, 5) is 28.6. The van der Waals surface area contributed by atoms with Crippen LogP contribution in [0.15, 0.2) is 78.9 Å². The number of hydrogen-bond acceptors (Lipinski definition) is 2. The molecule has 0 spiro atoms. The van der Waals surface area contributed by atoms with Crippen molar-refractivity contribution in [3.63, 3.8) is 0 Å². The van der Waals surface area contributed by atoms with Crippen molar-refractivity contribution >= 4 is 11.8 Å². The second kappa shape index (κ2) is 12.1. The van der Waals surface area contributed by atoms with Crippen LogP contribution < -0.4 is 5.32 Å². The number of nitrogens with zero attached hydrogens (tertiary/aromatic N) is 1. The Kier molecular flexibility index (Phi) is 8.97. The molecule has 0 aliphatic heterocycles. The van der Waals surface area contributed by atoms with Gasteiger partial charge in [-0.05, 0) is 37.5 Å². The lowest BCUT2D eigenvalue weighted by Crippen LogP contribution is -2.52. The van der Waals surface area contributed by atoms with Crippen molar-refractivity contribution in [2.24, 2.45) is 0 Å². The van der Waals surface area contributed by atoms with Crippen LogP contribution in [-0.4, -0.2) is 28.8 Å². The van der Waals surface area contributed by atoms with Gasteiger partial charge in [-0.3, -0.25) is 9.59 Å². The third-order valence-corrected chi connectivity index (χ3v) is 6.05. The van der Waals surface area contributed by atoms with Crippen molar-refractivity contribution in [1.82, 2.24) is 10.2 Å². The maximum atomic E-state index is 14.6. The minimum Gasteiger partial charge on any atom is -0.352 e. The SMILES string of the molecule is CC[C@@H](C)NC(=O)[C@H](Cc1ccccc1)N(Cc1ccccc1F)C(=O)Cc1ccc(C)cc1. The van der Waals surface area contributed by atoms with Crippen LogP contribution in [0.25, 0.3) is 0 Å². The summed E-state index contributed by atoms with van der Waals surface area (Å²) < 4.78 is 14.6. The van der Waals surface area contributed by atoms with Crippen LogP contribution in [0.4, 0.5) is 4.39 Å². The third kappa shape index (κ3) is 7.01. The highest BCUT2D eigenvalue weighted by molar-refractivity contribution is 5.89. The lowest BCUT2D eigenvalue weighted by molar-refractivity contribution is -0.141. The van der Waals surface area contributed by atoms with Gasteiger partial charge in [-0.25, -0.2) is 4.39 Å². The topological polar surface area (TPSA) is 49.4 Å². The van der Waals surface area contributed by atoms with Crippen LogP contribution >= 0.6 is 0 Å². The van der Waals surface area contributed by atoms with E-state index in [1.807, 2.05) is 75.4 Å². The summed E-state index contributed by atoms with van der Waals surface area (Å²) in [6.07, 6.45) is 1.25. The predicted molar refractivity (Wildman–Crippen MR) is 134 cm³/mol. The first kappa shape index (κ1) is 25.2. The molecule has 0 radical (unpaired) electrons. The fraction of sp³-hybridized carbons (Fsp3) is 0.310. The molecule has 0 bridgehead atoms. The molecule has 3 aromatic rings. The lowest BCUT2D eigenvalue weighted by atomic mass is 10.0. The first-order valence-corrected chi connectivity index (χ1v) is 11.8. The van der Waals surface area contributed by atoms with Crippen LogP contribution in [0.5, 0.6) is 0 Å². The van der Waals surface area contributed by atoms with Gasteiger partial charge in [0.15, 0.2) is 0 Å². The average molecular weight is 461 g/mol. The quantitative estimate of drug-likeness (QED) is 0.450. The summed E-state index contributed by atoms with van der Waals surface area (Å²) >= 11 is 0. The molecule has 0 saturated heterocycles. The number of hydrogen-bond donors (Lipinski definition) is 1. The molecule has 3 aromatic carbocycles. The van der Waals surface area contributed by atoms with Crippen molar-refractivity contribution in [3.8, 4) is 0 Å². The van der Waals surface area contributed by atoms with Gasteiger partial charge in [0, 0.05) is 24.6 Å². The Morgan fingerprint density at radius 3 is 2.21 bits per heavy atom. The first-order valence-electron chi connectivity index (χ1n) is 11.8. The second-order valence-corrected chi connectivity index (χ2v) is 8.80. The molecule has 0 aliphatic rings. The summed E-state index contributed by atoms with van der Waals surface area (Å²) in [5, 5.41) is 3.03. The molecule has 4 nitrogen and oxygen atoms in total. The molecular weight excluding hydrogens is 427 g/mol. The van der Waals surface area contributed by atoms with Crippen LogP contribution in [0, 0.1) is 12.7 Å². The molecule has 5 heteroatoms. The Hall–Kier alpha value is -3.47. The fourth-order valence-electron chi connectivity index (χ4n) is 3.79. The number of halogens is 1. The van der Waals surface area contributed by atoms with E-state index in [0.717, 1.165) is 23.1 Å². The molecule has 0 fully saturated rings. The van der Waals surface area contributed by atoms with Crippen LogP contribution in [0.1, 0.15) is 42.5 Å². The van der Waals surface area contributed by atoms with E-state index in [0.29, 0.717) is 12.0 Å². The number of rotatable bonds is 10. The van der Waals surface area contributed by atoms with Crippen molar-refractivity contribution in [1.29, 1.82) is 0 Å². The zero-order valence-electron chi connectivity index (χ0n) is 20.1. The molecule has 0 heterocycles. The molecule has 2 amide bonds. The highest BCUT2D eigenvalue weighted by atomic mass is 19.1. The van der Waals surface area contributed by atoms with E-state index in [1.165, 1.54) is 11.0 Å². The predicted octanol–water partition coefficient (Wildman–Crippen LogP) is 5.23. The summed E-state index contributed by atoms with van der Waals surface area (Å²) in [5.41, 5.74) is 3.28. The Balaban J connectivity index is 1.97. The maximum Gasteiger partial charge on any atom is 0.243 e. The van der Waals surface area contributed by atoms with Gasteiger partial charge in [-0.2, -0.15) is 0 Å². The van der Waals surface area contributed by atoms with Gasteiger partial charge in [-0.15, -0.1) is 0 Å². The summed E-state index contributed by atoms with van der Waals surface area (Å²) in [6.45, 7) is 5.94. The van der Waals surface area contributed by atoms with Gasteiger partial charge in [-0.1, -0.05) is 85.3 Å². The van der Waals surface area contributed by atoms with E-state index in [2.05, 4.69) is 5.32 Å². The largest absolute Gasteiger partial charge is 0.352 e. The van der Waals surface area contributed by atoms with Crippen molar-refractivity contribution in [2.45, 2.75) is 58.7 Å². The van der Waals surface area contributed by atoms with Crippen molar-refractivity contribution in [2.75, 3.05) is 0 Å². The highest BCUT2D eigenvalue weighted by Crippen LogP contribution is 2.18. The van der Waals surface area contributed by atoms with Gasteiger partial charge < -0.3 is 10.2 Å².